The molecule has 1 aliphatic carbocycles. The van der Waals surface area contributed by atoms with Gasteiger partial charge in [0.2, 0.25) is 0 Å². The second-order valence-electron chi connectivity index (χ2n) is 5.64. The lowest BCUT2D eigenvalue weighted by molar-refractivity contribution is 0.348. The molecular weight excluding hydrogens is 240 g/mol. The van der Waals surface area contributed by atoms with Crippen LogP contribution in [0.2, 0.25) is 0 Å². The molecule has 18 heavy (non-hydrogen) atoms. The SMILES string of the molecule is CCCCc1ccc(C(Cl)C2CCCCC2)cc1. The van der Waals surface area contributed by atoms with Gasteiger partial charge >= 0.3 is 0 Å². The molecule has 0 radical (unpaired) electrons. The predicted molar refractivity (Wildman–Crippen MR) is 80.2 cm³/mol. The topological polar surface area (TPSA) is 0 Å². The van der Waals surface area contributed by atoms with E-state index < -0.39 is 0 Å². The van der Waals surface area contributed by atoms with Gasteiger partial charge in [-0.15, -0.1) is 11.6 Å². The summed E-state index contributed by atoms with van der Waals surface area (Å²) in [4.78, 5) is 0. The summed E-state index contributed by atoms with van der Waals surface area (Å²) in [5.74, 6) is 0.696. The molecule has 0 N–H and O–H groups in total. The zero-order valence-corrected chi connectivity index (χ0v) is 12.3. The van der Waals surface area contributed by atoms with E-state index in [0.29, 0.717) is 5.92 Å². The Morgan fingerprint density at radius 2 is 1.78 bits per heavy atom. The van der Waals surface area contributed by atoms with Crippen LogP contribution in [-0.2, 0) is 6.42 Å². The van der Waals surface area contributed by atoms with Crippen molar-refractivity contribution in [2.45, 2.75) is 63.7 Å². The second kappa shape index (κ2) is 7.19. The van der Waals surface area contributed by atoms with Crippen LogP contribution in [0, 0.1) is 5.92 Å². The molecule has 0 aliphatic heterocycles. The Kier molecular flexibility index (Phi) is 5.56. The summed E-state index contributed by atoms with van der Waals surface area (Å²) < 4.78 is 0. The molecule has 100 valence electrons. The Morgan fingerprint density at radius 3 is 2.39 bits per heavy atom. The maximum absolute atomic E-state index is 6.64. The molecular formula is C17H25Cl. The smallest absolute Gasteiger partial charge is 0.0613 e. The quantitative estimate of drug-likeness (QED) is 0.582. The van der Waals surface area contributed by atoms with Gasteiger partial charge in [-0.05, 0) is 42.7 Å². The molecule has 1 aromatic carbocycles. The molecule has 0 spiro atoms. The highest BCUT2D eigenvalue weighted by atomic mass is 35.5. The van der Waals surface area contributed by atoms with E-state index in [1.807, 2.05) is 0 Å². The van der Waals surface area contributed by atoms with Crippen molar-refractivity contribution in [1.82, 2.24) is 0 Å². The van der Waals surface area contributed by atoms with Crippen molar-refractivity contribution in [2.75, 3.05) is 0 Å². The Morgan fingerprint density at radius 1 is 1.11 bits per heavy atom. The first-order valence-corrected chi connectivity index (χ1v) is 7.98. The molecule has 1 aromatic rings. The van der Waals surface area contributed by atoms with Gasteiger partial charge in [-0.3, -0.25) is 0 Å². The first kappa shape index (κ1) is 13.9. The number of hydrogen-bond acceptors (Lipinski definition) is 0. The van der Waals surface area contributed by atoms with Crippen molar-refractivity contribution in [3.8, 4) is 0 Å². The number of unbranched alkanes of at least 4 members (excludes halogenated alkanes) is 1. The average molecular weight is 265 g/mol. The fraction of sp³-hybridized carbons (Fsp3) is 0.647. The number of aryl methyl sites for hydroxylation is 1. The molecule has 1 saturated carbocycles. The highest BCUT2D eigenvalue weighted by Gasteiger charge is 2.22. The molecule has 1 fully saturated rings. The van der Waals surface area contributed by atoms with E-state index in [9.17, 15) is 0 Å². The van der Waals surface area contributed by atoms with Crippen molar-refractivity contribution in [1.29, 1.82) is 0 Å². The van der Waals surface area contributed by atoms with Crippen LogP contribution in [0.15, 0.2) is 24.3 Å². The molecule has 0 heterocycles. The van der Waals surface area contributed by atoms with Crippen molar-refractivity contribution in [2.24, 2.45) is 5.92 Å². The molecule has 0 bridgehead atoms. The molecule has 0 aromatic heterocycles. The Hall–Kier alpha value is -0.490. The van der Waals surface area contributed by atoms with E-state index in [1.165, 1.54) is 62.5 Å². The van der Waals surface area contributed by atoms with E-state index in [2.05, 4.69) is 31.2 Å². The minimum Gasteiger partial charge on any atom is -0.118 e. The van der Waals surface area contributed by atoms with Gasteiger partial charge < -0.3 is 0 Å². The zero-order chi connectivity index (χ0) is 12.8. The van der Waals surface area contributed by atoms with E-state index in [1.54, 1.807) is 0 Å². The first-order valence-electron chi connectivity index (χ1n) is 7.54. The zero-order valence-electron chi connectivity index (χ0n) is 11.5. The third-order valence-corrected chi connectivity index (χ3v) is 4.79. The molecule has 1 unspecified atom stereocenters. The van der Waals surface area contributed by atoms with Gasteiger partial charge in [0.1, 0.15) is 0 Å². The number of benzene rings is 1. The predicted octanol–water partition coefficient (Wildman–Crippen LogP) is 5.89. The molecule has 1 atom stereocenters. The minimum absolute atomic E-state index is 0.227. The van der Waals surface area contributed by atoms with Crippen LogP contribution in [0.3, 0.4) is 0 Å². The van der Waals surface area contributed by atoms with Crippen molar-refractivity contribution >= 4 is 11.6 Å². The van der Waals surface area contributed by atoms with Gasteiger partial charge in [-0.25, -0.2) is 0 Å². The first-order chi connectivity index (χ1) is 8.81. The van der Waals surface area contributed by atoms with Crippen molar-refractivity contribution in [3.05, 3.63) is 35.4 Å². The summed E-state index contributed by atoms with van der Waals surface area (Å²) in [6.07, 6.45) is 10.5. The second-order valence-corrected chi connectivity index (χ2v) is 6.12. The summed E-state index contributed by atoms with van der Waals surface area (Å²) in [5, 5.41) is 0.227. The molecule has 0 saturated heterocycles. The fourth-order valence-electron chi connectivity index (χ4n) is 2.95. The van der Waals surface area contributed by atoms with Crippen LogP contribution in [0.4, 0.5) is 0 Å². The van der Waals surface area contributed by atoms with Crippen molar-refractivity contribution < 1.29 is 0 Å². The summed E-state index contributed by atoms with van der Waals surface area (Å²) in [5.41, 5.74) is 2.77. The molecule has 1 heteroatoms. The van der Waals surface area contributed by atoms with E-state index >= 15 is 0 Å². The van der Waals surface area contributed by atoms with Crippen LogP contribution in [-0.4, -0.2) is 0 Å². The fourth-order valence-corrected chi connectivity index (χ4v) is 3.35. The van der Waals surface area contributed by atoms with Gasteiger partial charge in [0, 0.05) is 0 Å². The van der Waals surface area contributed by atoms with E-state index in [4.69, 9.17) is 11.6 Å². The molecule has 2 rings (SSSR count). The van der Waals surface area contributed by atoms with Gasteiger partial charge in [0.15, 0.2) is 0 Å². The average Bonchev–Trinajstić information content (AvgIpc) is 2.46. The number of alkyl halides is 1. The monoisotopic (exact) mass is 264 g/mol. The Bertz CT molecular complexity index is 335. The number of rotatable bonds is 5. The van der Waals surface area contributed by atoms with Crippen molar-refractivity contribution in [3.63, 3.8) is 0 Å². The van der Waals surface area contributed by atoms with Gasteiger partial charge in [0.05, 0.1) is 5.38 Å². The summed E-state index contributed by atoms with van der Waals surface area (Å²) in [6, 6.07) is 9.03. The normalized spacial score (nSPS) is 18.8. The lowest BCUT2D eigenvalue weighted by Crippen LogP contribution is -2.12. The van der Waals surface area contributed by atoms with Crippen LogP contribution < -0.4 is 0 Å². The van der Waals surface area contributed by atoms with Gasteiger partial charge in [-0.2, -0.15) is 0 Å². The largest absolute Gasteiger partial charge is 0.118 e. The summed E-state index contributed by atoms with van der Waals surface area (Å²) >= 11 is 6.64. The molecule has 0 amide bonds. The van der Waals surface area contributed by atoms with Crippen LogP contribution >= 0.6 is 11.6 Å². The van der Waals surface area contributed by atoms with Crippen LogP contribution in [0.1, 0.15) is 68.4 Å². The maximum Gasteiger partial charge on any atom is 0.0613 e. The Labute approximate surface area is 117 Å². The molecule has 0 nitrogen and oxygen atoms in total. The highest BCUT2D eigenvalue weighted by molar-refractivity contribution is 6.21. The summed E-state index contributed by atoms with van der Waals surface area (Å²) in [7, 11) is 0. The van der Waals surface area contributed by atoms with Crippen LogP contribution in [0.5, 0.6) is 0 Å². The highest BCUT2D eigenvalue weighted by Crippen LogP contribution is 2.38. The van der Waals surface area contributed by atoms with E-state index in [0.717, 1.165) is 0 Å². The van der Waals surface area contributed by atoms with Crippen LogP contribution in [0.25, 0.3) is 0 Å². The maximum atomic E-state index is 6.64. The Balaban J connectivity index is 1.95. The summed E-state index contributed by atoms with van der Waals surface area (Å²) in [6.45, 7) is 2.24. The van der Waals surface area contributed by atoms with Gasteiger partial charge in [-0.1, -0.05) is 56.9 Å². The van der Waals surface area contributed by atoms with E-state index in [-0.39, 0.29) is 5.38 Å². The molecule has 1 aliphatic rings. The minimum atomic E-state index is 0.227. The third-order valence-electron chi connectivity index (χ3n) is 4.18. The lowest BCUT2D eigenvalue weighted by atomic mass is 9.84. The lowest BCUT2D eigenvalue weighted by Gasteiger charge is -2.26. The number of hydrogen-bond donors (Lipinski definition) is 0. The standard InChI is InChI=1S/C17H25Cl/c1-2-3-7-14-10-12-16(13-11-14)17(18)15-8-5-4-6-9-15/h10-13,15,17H,2-9H2,1H3. The third kappa shape index (κ3) is 3.75. The van der Waals surface area contributed by atoms with Gasteiger partial charge in [0.25, 0.3) is 0 Å². The number of halogens is 1.